The average molecular weight is 201 g/mol. The minimum atomic E-state index is -0.563. The second-order valence-electron chi connectivity index (χ2n) is 3.97. The van der Waals surface area contributed by atoms with E-state index in [1.165, 1.54) is 0 Å². The normalized spacial score (nSPS) is 10.9. The van der Waals surface area contributed by atoms with Gasteiger partial charge in [-0.05, 0) is 27.7 Å². The lowest BCUT2D eigenvalue weighted by molar-refractivity contribution is -0.129. The van der Waals surface area contributed by atoms with E-state index in [1.807, 2.05) is 0 Å². The zero-order chi connectivity index (χ0) is 11.4. The monoisotopic (exact) mass is 201 g/mol. The van der Waals surface area contributed by atoms with Crippen molar-refractivity contribution in [2.45, 2.75) is 46.6 Å². The number of ether oxygens (including phenoxy) is 1. The van der Waals surface area contributed by atoms with Gasteiger partial charge in [0, 0.05) is 13.0 Å². The van der Waals surface area contributed by atoms with E-state index in [9.17, 15) is 9.59 Å². The van der Waals surface area contributed by atoms with E-state index in [-0.39, 0.29) is 5.91 Å². The molecule has 0 heterocycles. The largest absolute Gasteiger partial charge is 0.443 e. The summed E-state index contributed by atoms with van der Waals surface area (Å²) in [5.74, 6) is -0.207. The van der Waals surface area contributed by atoms with Crippen LogP contribution < -0.4 is 0 Å². The van der Waals surface area contributed by atoms with Crippen molar-refractivity contribution in [3.05, 3.63) is 0 Å². The maximum Gasteiger partial charge on any atom is 0.417 e. The van der Waals surface area contributed by atoms with Crippen LogP contribution in [0.4, 0.5) is 4.79 Å². The molecule has 4 heteroatoms. The fraction of sp³-hybridized carbons (Fsp3) is 0.800. The maximum absolute atomic E-state index is 11.5. The van der Waals surface area contributed by atoms with Crippen LogP contribution >= 0.6 is 0 Å². The third-order valence-electron chi connectivity index (χ3n) is 1.53. The number of imide groups is 1. The molecule has 0 rings (SSSR count). The number of hydrogen-bond donors (Lipinski definition) is 0. The van der Waals surface area contributed by atoms with Crippen LogP contribution in [0, 0.1) is 0 Å². The highest BCUT2D eigenvalue weighted by Gasteiger charge is 2.24. The summed E-state index contributed by atoms with van der Waals surface area (Å²) in [6, 6.07) is 0. The molecule has 0 unspecified atom stereocenters. The van der Waals surface area contributed by atoms with Gasteiger partial charge in [-0.1, -0.05) is 6.92 Å². The molecule has 4 nitrogen and oxygen atoms in total. The van der Waals surface area contributed by atoms with Gasteiger partial charge in [0.1, 0.15) is 5.60 Å². The molecule has 0 radical (unpaired) electrons. The van der Waals surface area contributed by atoms with E-state index < -0.39 is 11.7 Å². The van der Waals surface area contributed by atoms with Crippen LogP contribution in [0.1, 0.15) is 41.0 Å². The Morgan fingerprint density at radius 3 is 2.00 bits per heavy atom. The molecule has 0 aliphatic rings. The van der Waals surface area contributed by atoms with Gasteiger partial charge in [0.2, 0.25) is 5.91 Å². The number of amides is 2. The lowest BCUT2D eigenvalue weighted by Crippen LogP contribution is -2.40. The summed E-state index contributed by atoms with van der Waals surface area (Å²) >= 11 is 0. The standard InChI is InChI=1S/C10H19NO3/c1-6-8(12)11(7-2)9(13)14-10(3,4)5/h6-7H2,1-5H3. The topological polar surface area (TPSA) is 46.6 Å². The second kappa shape index (κ2) is 4.98. The van der Waals surface area contributed by atoms with Crippen molar-refractivity contribution in [1.29, 1.82) is 0 Å². The van der Waals surface area contributed by atoms with E-state index in [2.05, 4.69) is 0 Å². The second-order valence-corrected chi connectivity index (χ2v) is 3.97. The molecule has 0 N–H and O–H groups in total. The van der Waals surface area contributed by atoms with E-state index >= 15 is 0 Å². The molecule has 0 aromatic heterocycles. The lowest BCUT2D eigenvalue weighted by atomic mass is 10.2. The highest BCUT2D eigenvalue weighted by atomic mass is 16.6. The summed E-state index contributed by atoms with van der Waals surface area (Å²) in [5.41, 5.74) is -0.557. The molecule has 0 fully saturated rings. The first kappa shape index (κ1) is 12.9. The maximum atomic E-state index is 11.5. The summed E-state index contributed by atoms with van der Waals surface area (Å²) in [6.07, 6.45) is -0.251. The van der Waals surface area contributed by atoms with Crippen LogP contribution in [-0.4, -0.2) is 29.0 Å². The zero-order valence-corrected chi connectivity index (χ0v) is 9.59. The highest BCUT2D eigenvalue weighted by molar-refractivity contribution is 5.91. The predicted octanol–water partition coefficient (Wildman–Crippen LogP) is 2.18. The first-order valence-corrected chi connectivity index (χ1v) is 4.85. The van der Waals surface area contributed by atoms with Crippen molar-refractivity contribution >= 4 is 12.0 Å². The fourth-order valence-corrected chi connectivity index (χ4v) is 0.915. The van der Waals surface area contributed by atoms with Gasteiger partial charge in [0.05, 0.1) is 0 Å². The molecule has 0 bridgehead atoms. The summed E-state index contributed by atoms with van der Waals surface area (Å²) in [7, 11) is 0. The molecule has 0 atom stereocenters. The van der Waals surface area contributed by atoms with Crippen molar-refractivity contribution in [3.63, 3.8) is 0 Å². The van der Waals surface area contributed by atoms with Crippen LogP contribution in [0.2, 0.25) is 0 Å². The van der Waals surface area contributed by atoms with E-state index in [0.717, 1.165) is 4.90 Å². The van der Waals surface area contributed by atoms with Crippen LogP contribution in [0.3, 0.4) is 0 Å². The van der Waals surface area contributed by atoms with E-state index in [4.69, 9.17) is 4.74 Å². The summed E-state index contributed by atoms with van der Waals surface area (Å²) in [5, 5.41) is 0. The lowest BCUT2D eigenvalue weighted by Gasteiger charge is -2.25. The third kappa shape index (κ3) is 4.25. The Kier molecular flexibility index (Phi) is 4.60. The fourth-order valence-electron chi connectivity index (χ4n) is 0.915. The Hall–Kier alpha value is -1.06. The van der Waals surface area contributed by atoms with Crippen molar-refractivity contribution < 1.29 is 14.3 Å². The molecule has 82 valence electrons. The van der Waals surface area contributed by atoms with Gasteiger partial charge in [-0.2, -0.15) is 0 Å². The first-order valence-electron chi connectivity index (χ1n) is 4.85. The highest BCUT2D eigenvalue weighted by Crippen LogP contribution is 2.10. The number of nitrogens with zero attached hydrogens (tertiary/aromatic N) is 1. The molecule has 0 spiro atoms. The van der Waals surface area contributed by atoms with Crippen LogP contribution in [0.5, 0.6) is 0 Å². The Bertz CT molecular complexity index is 218. The van der Waals surface area contributed by atoms with Crippen LogP contribution in [0.25, 0.3) is 0 Å². The molecule has 0 aromatic carbocycles. The number of carbonyl (C=O) groups excluding carboxylic acids is 2. The SMILES string of the molecule is CCC(=O)N(CC)C(=O)OC(C)(C)C. The Labute approximate surface area is 85.2 Å². The number of hydrogen-bond acceptors (Lipinski definition) is 3. The van der Waals surface area contributed by atoms with Crippen LogP contribution in [0.15, 0.2) is 0 Å². The third-order valence-corrected chi connectivity index (χ3v) is 1.53. The Morgan fingerprint density at radius 2 is 1.71 bits per heavy atom. The summed E-state index contributed by atoms with van der Waals surface area (Å²) in [6.45, 7) is 9.13. The molecule has 0 aliphatic carbocycles. The van der Waals surface area contributed by atoms with Gasteiger partial charge in [-0.3, -0.25) is 4.79 Å². The molecular formula is C10H19NO3. The Morgan fingerprint density at radius 1 is 1.21 bits per heavy atom. The zero-order valence-electron chi connectivity index (χ0n) is 9.59. The van der Waals surface area contributed by atoms with Gasteiger partial charge >= 0.3 is 6.09 Å². The first-order chi connectivity index (χ1) is 6.31. The van der Waals surface area contributed by atoms with Crippen molar-refractivity contribution in [1.82, 2.24) is 4.90 Å². The van der Waals surface area contributed by atoms with Gasteiger partial charge in [0.15, 0.2) is 0 Å². The van der Waals surface area contributed by atoms with E-state index in [0.29, 0.717) is 13.0 Å². The van der Waals surface area contributed by atoms with Crippen LogP contribution in [-0.2, 0) is 9.53 Å². The van der Waals surface area contributed by atoms with Gasteiger partial charge < -0.3 is 4.74 Å². The molecule has 2 amide bonds. The average Bonchev–Trinajstić information content (AvgIpc) is 2.01. The summed E-state index contributed by atoms with van der Waals surface area (Å²) < 4.78 is 5.08. The van der Waals surface area contributed by atoms with E-state index in [1.54, 1.807) is 34.6 Å². The minimum absolute atomic E-state index is 0.207. The number of rotatable bonds is 2. The van der Waals surface area contributed by atoms with Crippen molar-refractivity contribution in [2.24, 2.45) is 0 Å². The smallest absolute Gasteiger partial charge is 0.417 e. The Balaban J connectivity index is 4.40. The molecule has 0 saturated carbocycles. The number of carbonyl (C=O) groups is 2. The van der Waals surface area contributed by atoms with Crippen molar-refractivity contribution in [2.75, 3.05) is 6.54 Å². The molecular weight excluding hydrogens is 182 g/mol. The summed E-state index contributed by atoms with van der Waals surface area (Å²) in [4.78, 5) is 23.9. The van der Waals surface area contributed by atoms with Gasteiger partial charge in [-0.25, -0.2) is 9.69 Å². The molecule has 14 heavy (non-hydrogen) atoms. The minimum Gasteiger partial charge on any atom is -0.443 e. The molecule has 0 saturated heterocycles. The molecule has 0 aromatic rings. The van der Waals surface area contributed by atoms with Crippen molar-refractivity contribution in [3.8, 4) is 0 Å². The predicted molar refractivity (Wildman–Crippen MR) is 53.9 cm³/mol. The quantitative estimate of drug-likeness (QED) is 0.688. The van der Waals surface area contributed by atoms with Gasteiger partial charge in [-0.15, -0.1) is 0 Å². The molecule has 0 aliphatic heterocycles. The van der Waals surface area contributed by atoms with Gasteiger partial charge in [0.25, 0.3) is 0 Å².